The van der Waals surface area contributed by atoms with Crippen LogP contribution in [0.1, 0.15) is 104 Å². The van der Waals surface area contributed by atoms with Crippen molar-refractivity contribution >= 4 is 27.9 Å². The third-order valence-corrected chi connectivity index (χ3v) is 27.5. The van der Waals surface area contributed by atoms with Crippen molar-refractivity contribution in [3.05, 3.63) is 35.4 Å². The Kier molecular flexibility index (Phi) is 8.05. The van der Waals surface area contributed by atoms with Gasteiger partial charge in [-0.25, -0.2) is 0 Å². The van der Waals surface area contributed by atoms with Gasteiger partial charge in [0.2, 0.25) is 0 Å². The zero-order valence-corrected chi connectivity index (χ0v) is 24.2. The molecule has 0 saturated heterocycles. The highest BCUT2D eigenvalue weighted by Crippen LogP contribution is 2.67. The molecule has 0 nitrogen and oxygen atoms in total. The topological polar surface area (TPSA) is 0 Å². The van der Waals surface area contributed by atoms with Crippen molar-refractivity contribution in [1.29, 1.82) is 0 Å². The Balaban J connectivity index is 2.78. The smallest absolute Gasteiger partial charge is 0.0809 e. The molecule has 0 N–H and O–H groups in total. The number of rotatable bonds is 8. The van der Waals surface area contributed by atoms with Crippen LogP contribution in [-0.2, 0) is 0 Å². The second-order valence-corrected chi connectivity index (χ2v) is 25.6. The Hall–Kier alpha value is 0.00377. The second kappa shape index (κ2) is 9.24. The lowest BCUT2D eigenvalue weighted by molar-refractivity contribution is 0.793. The van der Waals surface area contributed by atoms with Crippen molar-refractivity contribution in [2.75, 3.05) is 0 Å². The standard InChI is InChI=1S/C26H48SSi2/c1-17(2)28(18(3)4,19(5)6)25-23-15-13-14-16-24(23)26(27-25)29(20(7)8,21(9)10)22(11)12/h13-22,25-26H,1-12H3/t25-,26-/m1/s1. The molecule has 0 bridgehead atoms. The molecule has 0 spiro atoms. The molecule has 29 heavy (non-hydrogen) atoms. The van der Waals surface area contributed by atoms with Crippen LogP contribution in [0.4, 0.5) is 0 Å². The summed E-state index contributed by atoms with van der Waals surface area (Å²) in [5, 5.41) is 0. The number of hydrogen-bond acceptors (Lipinski definition) is 1. The molecular formula is C26H48SSi2. The molecule has 1 aromatic carbocycles. The fraction of sp³-hybridized carbons (Fsp3) is 0.769. The van der Waals surface area contributed by atoms with Crippen molar-refractivity contribution in [2.45, 2.75) is 126 Å². The van der Waals surface area contributed by atoms with E-state index in [0.29, 0.717) is 0 Å². The van der Waals surface area contributed by atoms with E-state index >= 15 is 0 Å². The Bertz CT molecular complexity index is 574. The largest absolute Gasteiger partial charge is 0.152 e. The summed E-state index contributed by atoms with van der Waals surface area (Å²) in [7, 11) is -3.17. The maximum absolute atomic E-state index is 2.54. The minimum atomic E-state index is -1.59. The Labute approximate surface area is 189 Å². The zero-order valence-electron chi connectivity index (χ0n) is 21.3. The maximum Gasteiger partial charge on any atom is 0.0809 e. The van der Waals surface area contributed by atoms with Crippen LogP contribution in [0.2, 0.25) is 33.2 Å². The molecule has 1 aliphatic rings. The van der Waals surface area contributed by atoms with Crippen LogP contribution in [0.3, 0.4) is 0 Å². The summed E-state index contributed by atoms with van der Waals surface area (Å²) in [6.45, 7) is 30.5. The normalized spacial score (nSPS) is 20.8. The molecule has 0 aliphatic carbocycles. The summed E-state index contributed by atoms with van der Waals surface area (Å²) in [5.41, 5.74) is 8.29. The molecule has 0 saturated carbocycles. The van der Waals surface area contributed by atoms with Crippen molar-refractivity contribution < 1.29 is 0 Å². The lowest BCUT2D eigenvalue weighted by Crippen LogP contribution is -2.50. The minimum absolute atomic E-state index is 0.742. The number of benzene rings is 1. The summed E-state index contributed by atoms with van der Waals surface area (Å²) < 4.78 is 0. The van der Waals surface area contributed by atoms with Crippen LogP contribution in [0, 0.1) is 0 Å². The molecule has 1 aliphatic heterocycles. The summed E-state index contributed by atoms with van der Waals surface area (Å²) in [6, 6.07) is 9.67. The van der Waals surface area contributed by atoms with Crippen molar-refractivity contribution in [3.63, 3.8) is 0 Å². The third kappa shape index (κ3) is 3.76. The van der Waals surface area contributed by atoms with E-state index in [1.807, 2.05) is 0 Å². The second-order valence-electron chi connectivity index (χ2n) is 11.5. The molecule has 0 aromatic heterocycles. The summed E-state index contributed by atoms with van der Waals surface area (Å²) in [6.07, 6.45) is 0. The van der Waals surface area contributed by atoms with Gasteiger partial charge in [-0.3, -0.25) is 0 Å². The van der Waals surface area contributed by atoms with Gasteiger partial charge in [0.05, 0.1) is 16.1 Å². The van der Waals surface area contributed by atoms with Gasteiger partial charge in [0.25, 0.3) is 0 Å². The van der Waals surface area contributed by atoms with Gasteiger partial charge in [-0.2, -0.15) is 11.8 Å². The quantitative estimate of drug-likeness (QED) is 0.356. The lowest BCUT2D eigenvalue weighted by atomic mass is 10.1. The SMILES string of the molecule is CC(C)[Si](C(C)C)(C(C)C)[C@H]1S[C@H]([Si](C(C)C)(C(C)C)C(C)C)c2ccccc21. The summed E-state index contributed by atoms with van der Waals surface area (Å²) in [4.78, 5) is 1.48. The van der Waals surface area contributed by atoms with Gasteiger partial charge in [0, 0.05) is 9.75 Å². The van der Waals surface area contributed by atoms with Crippen LogP contribution in [-0.4, -0.2) is 16.1 Å². The van der Waals surface area contributed by atoms with Crippen LogP contribution >= 0.6 is 11.8 Å². The van der Waals surface area contributed by atoms with E-state index in [2.05, 4.69) is 119 Å². The van der Waals surface area contributed by atoms with Gasteiger partial charge in [-0.1, -0.05) is 107 Å². The monoisotopic (exact) mass is 448 g/mol. The average Bonchev–Trinajstić information content (AvgIpc) is 2.94. The van der Waals surface area contributed by atoms with E-state index in [4.69, 9.17) is 0 Å². The molecular weight excluding hydrogens is 401 g/mol. The molecule has 3 heteroatoms. The van der Waals surface area contributed by atoms with E-state index in [1.165, 1.54) is 0 Å². The Morgan fingerprint density at radius 3 is 0.966 bits per heavy atom. The number of fused-ring (bicyclic) bond motifs is 1. The van der Waals surface area contributed by atoms with E-state index in [0.717, 1.165) is 43.0 Å². The predicted octanol–water partition coefficient (Wildman–Crippen LogP) is 9.95. The predicted molar refractivity (Wildman–Crippen MR) is 142 cm³/mol. The highest BCUT2D eigenvalue weighted by molar-refractivity contribution is 8.03. The van der Waals surface area contributed by atoms with Crippen molar-refractivity contribution in [3.8, 4) is 0 Å². The first kappa shape index (κ1) is 25.3. The molecule has 0 unspecified atom stereocenters. The molecule has 1 heterocycles. The van der Waals surface area contributed by atoms with Gasteiger partial charge in [0.1, 0.15) is 0 Å². The zero-order chi connectivity index (χ0) is 22.3. The molecule has 1 aromatic rings. The highest BCUT2D eigenvalue weighted by atomic mass is 32.2. The van der Waals surface area contributed by atoms with Crippen LogP contribution < -0.4 is 0 Å². The molecule has 166 valence electrons. The molecule has 0 fully saturated rings. The first-order valence-electron chi connectivity index (χ1n) is 12.1. The van der Waals surface area contributed by atoms with Gasteiger partial charge in [-0.15, -0.1) is 0 Å². The van der Waals surface area contributed by atoms with Crippen molar-refractivity contribution in [1.82, 2.24) is 0 Å². The summed E-state index contributed by atoms with van der Waals surface area (Å²) in [5.74, 6) is 0. The molecule has 2 atom stereocenters. The Morgan fingerprint density at radius 1 is 0.517 bits per heavy atom. The van der Waals surface area contributed by atoms with E-state index < -0.39 is 16.1 Å². The molecule has 0 amide bonds. The molecule has 0 radical (unpaired) electrons. The average molecular weight is 449 g/mol. The van der Waals surface area contributed by atoms with Crippen LogP contribution in [0.15, 0.2) is 24.3 Å². The number of thioether (sulfide) groups is 1. The first-order valence-corrected chi connectivity index (χ1v) is 17.7. The van der Waals surface area contributed by atoms with E-state index in [9.17, 15) is 0 Å². The fourth-order valence-electron chi connectivity index (χ4n) is 7.86. The van der Waals surface area contributed by atoms with Crippen LogP contribution in [0.5, 0.6) is 0 Å². The molecule has 2 rings (SSSR count). The first-order chi connectivity index (χ1) is 13.4. The Morgan fingerprint density at radius 2 is 0.759 bits per heavy atom. The van der Waals surface area contributed by atoms with Crippen molar-refractivity contribution in [2.24, 2.45) is 0 Å². The minimum Gasteiger partial charge on any atom is -0.152 e. The van der Waals surface area contributed by atoms with Crippen LogP contribution in [0.25, 0.3) is 0 Å². The van der Waals surface area contributed by atoms with Gasteiger partial charge >= 0.3 is 0 Å². The highest BCUT2D eigenvalue weighted by Gasteiger charge is 2.59. The van der Waals surface area contributed by atoms with E-state index in [1.54, 1.807) is 11.1 Å². The van der Waals surface area contributed by atoms with Gasteiger partial charge < -0.3 is 0 Å². The van der Waals surface area contributed by atoms with Gasteiger partial charge in [0.15, 0.2) is 0 Å². The number of hydrogen-bond donors (Lipinski definition) is 0. The maximum atomic E-state index is 2.54. The van der Waals surface area contributed by atoms with Gasteiger partial charge in [-0.05, 0) is 44.4 Å². The summed E-state index contributed by atoms with van der Waals surface area (Å²) >= 11 is 2.45. The lowest BCUT2D eigenvalue weighted by Gasteiger charge is -2.50. The third-order valence-electron chi connectivity index (χ3n) is 8.74. The van der Waals surface area contributed by atoms with E-state index in [-0.39, 0.29) is 0 Å². The fourth-order valence-corrected chi connectivity index (χ4v) is 30.1.